The first-order valence-corrected chi connectivity index (χ1v) is 13.0. The first-order chi connectivity index (χ1) is 18.7. The van der Waals surface area contributed by atoms with Crippen LogP contribution in [0, 0.1) is 12.7 Å². The van der Waals surface area contributed by atoms with Crippen LogP contribution in [0.15, 0.2) is 59.5 Å². The van der Waals surface area contributed by atoms with Gasteiger partial charge in [-0.25, -0.2) is 4.39 Å². The van der Waals surface area contributed by atoms with Gasteiger partial charge in [-0.2, -0.15) is 0 Å². The predicted octanol–water partition coefficient (Wildman–Crippen LogP) is 3.83. The van der Waals surface area contributed by atoms with Crippen molar-refractivity contribution in [3.63, 3.8) is 0 Å². The van der Waals surface area contributed by atoms with Crippen molar-refractivity contribution in [2.75, 3.05) is 25.7 Å². The molecule has 0 bridgehead atoms. The molecule has 0 unspecified atom stereocenters. The Kier molecular flexibility index (Phi) is 8.50. The molecule has 0 aliphatic carbocycles. The van der Waals surface area contributed by atoms with E-state index in [0.717, 1.165) is 12.0 Å². The van der Waals surface area contributed by atoms with E-state index in [1.165, 1.54) is 22.6 Å². The Morgan fingerprint density at radius 1 is 1.10 bits per heavy atom. The minimum Gasteiger partial charge on any atom is -0.497 e. The standard InChI is InChI=1S/C30H34FN3O5/c1-6-20-9-11-21(12-10-20)28(35)32-27-26(25-18(2)16-22(39-5)17-23(25)31)19(3)34(30(27)37)24-8-7-13-33(29(24)36)14-15-38-4/h7-13,16-17,19,26-27H,6,14-15H2,1-5H3,(H,32,35)/t19-,26-,27-/m0/s1. The van der Waals surface area contributed by atoms with Crippen molar-refractivity contribution in [2.24, 2.45) is 0 Å². The van der Waals surface area contributed by atoms with Crippen LogP contribution in [0.25, 0.3) is 0 Å². The van der Waals surface area contributed by atoms with Crippen LogP contribution >= 0.6 is 0 Å². The zero-order valence-electron chi connectivity index (χ0n) is 22.9. The number of nitrogens with one attached hydrogen (secondary N) is 1. The van der Waals surface area contributed by atoms with Crippen LogP contribution < -0.4 is 20.5 Å². The Morgan fingerprint density at radius 3 is 2.44 bits per heavy atom. The lowest BCUT2D eigenvalue weighted by molar-refractivity contribution is -0.118. The largest absolute Gasteiger partial charge is 0.497 e. The van der Waals surface area contributed by atoms with Crippen molar-refractivity contribution in [2.45, 2.75) is 51.7 Å². The van der Waals surface area contributed by atoms with Crippen LogP contribution in [0.4, 0.5) is 10.1 Å². The molecule has 3 atom stereocenters. The molecular formula is C30H34FN3O5. The van der Waals surface area contributed by atoms with Crippen LogP contribution in [-0.2, 0) is 22.5 Å². The number of carbonyl (C=O) groups excluding carboxylic acids is 2. The lowest BCUT2D eigenvalue weighted by atomic mass is 9.85. The van der Waals surface area contributed by atoms with Gasteiger partial charge in [-0.3, -0.25) is 14.4 Å². The summed E-state index contributed by atoms with van der Waals surface area (Å²) in [6, 6.07) is 11.6. The van der Waals surface area contributed by atoms with Gasteiger partial charge in [0.25, 0.3) is 17.4 Å². The zero-order valence-corrected chi connectivity index (χ0v) is 22.9. The number of hydrogen-bond donors (Lipinski definition) is 1. The van der Waals surface area contributed by atoms with Crippen molar-refractivity contribution >= 4 is 17.5 Å². The minimum absolute atomic E-state index is 0.159. The molecule has 2 amide bonds. The monoisotopic (exact) mass is 535 g/mol. The minimum atomic E-state index is -1.10. The fourth-order valence-corrected chi connectivity index (χ4v) is 5.29. The molecule has 8 nitrogen and oxygen atoms in total. The van der Waals surface area contributed by atoms with Gasteiger partial charge >= 0.3 is 0 Å². The number of nitrogens with zero attached hydrogens (tertiary/aromatic N) is 2. The molecule has 1 saturated heterocycles. The van der Waals surface area contributed by atoms with Crippen LogP contribution in [0.3, 0.4) is 0 Å². The number of carbonyl (C=O) groups is 2. The smallest absolute Gasteiger partial charge is 0.274 e. The number of aromatic nitrogens is 1. The Hall–Kier alpha value is -3.98. The molecule has 3 aromatic rings. The number of anilines is 1. The maximum Gasteiger partial charge on any atom is 0.274 e. The first kappa shape index (κ1) is 28.0. The Labute approximate surface area is 227 Å². The fourth-order valence-electron chi connectivity index (χ4n) is 5.29. The van der Waals surface area contributed by atoms with Gasteiger partial charge in [0, 0.05) is 43.4 Å². The van der Waals surface area contributed by atoms with Gasteiger partial charge in [0.2, 0.25) is 0 Å². The molecule has 206 valence electrons. The second-order valence-electron chi connectivity index (χ2n) is 9.70. The Bertz CT molecular complexity index is 1400. The maximum absolute atomic E-state index is 15.6. The van der Waals surface area contributed by atoms with Gasteiger partial charge in [-0.05, 0) is 67.3 Å². The van der Waals surface area contributed by atoms with Crippen molar-refractivity contribution < 1.29 is 23.5 Å². The van der Waals surface area contributed by atoms with Crippen LogP contribution in [0.5, 0.6) is 5.75 Å². The number of amides is 2. The van der Waals surface area contributed by atoms with Gasteiger partial charge in [0.15, 0.2) is 0 Å². The van der Waals surface area contributed by atoms with Crippen molar-refractivity contribution in [1.82, 2.24) is 9.88 Å². The van der Waals surface area contributed by atoms with Crippen molar-refractivity contribution in [3.05, 3.63) is 93.2 Å². The molecule has 0 radical (unpaired) electrons. The van der Waals surface area contributed by atoms with Gasteiger partial charge in [0.05, 0.1) is 13.7 Å². The number of aryl methyl sites for hydroxylation is 2. The van der Waals surface area contributed by atoms with Crippen molar-refractivity contribution in [3.8, 4) is 5.75 Å². The summed E-state index contributed by atoms with van der Waals surface area (Å²) in [5, 5.41) is 2.86. The normalized spacial score (nSPS) is 18.9. The zero-order chi connectivity index (χ0) is 28.3. The highest BCUT2D eigenvalue weighted by Crippen LogP contribution is 2.40. The van der Waals surface area contributed by atoms with Crippen LogP contribution in [0.2, 0.25) is 0 Å². The average molecular weight is 536 g/mol. The quantitative estimate of drug-likeness (QED) is 0.450. The number of benzene rings is 2. The average Bonchev–Trinajstić information content (AvgIpc) is 3.16. The van der Waals surface area contributed by atoms with Crippen molar-refractivity contribution in [1.29, 1.82) is 0 Å². The molecule has 9 heteroatoms. The summed E-state index contributed by atoms with van der Waals surface area (Å²) in [7, 11) is 2.99. The molecule has 4 rings (SSSR count). The number of rotatable bonds is 9. The molecule has 39 heavy (non-hydrogen) atoms. The summed E-state index contributed by atoms with van der Waals surface area (Å²) >= 11 is 0. The maximum atomic E-state index is 15.6. The molecule has 1 N–H and O–H groups in total. The topological polar surface area (TPSA) is 89.9 Å². The lowest BCUT2D eigenvalue weighted by Gasteiger charge is -2.26. The molecule has 0 saturated carbocycles. The van der Waals surface area contributed by atoms with E-state index in [1.54, 1.807) is 57.5 Å². The van der Waals surface area contributed by atoms with Gasteiger partial charge in [0.1, 0.15) is 23.3 Å². The van der Waals surface area contributed by atoms with E-state index in [4.69, 9.17) is 9.47 Å². The van der Waals surface area contributed by atoms with E-state index < -0.39 is 35.6 Å². The van der Waals surface area contributed by atoms with Gasteiger partial charge < -0.3 is 24.3 Å². The van der Waals surface area contributed by atoms with E-state index in [2.05, 4.69) is 5.32 Å². The highest BCUT2D eigenvalue weighted by molar-refractivity contribution is 6.05. The molecule has 1 aliphatic rings. The third kappa shape index (κ3) is 5.45. The Balaban J connectivity index is 1.79. The summed E-state index contributed by atoms with van der Waals surface area (Å²) < 4.78 is 27.4. The summed E-state index contributed by atoms with van der Waals surface area (Å²) in [5.74, 6) is -1.90. The third-order valence-corrected chi connectivity index (χ3v) is 7.38. The summed E-state index contributed by atoms with van der Waals surface area (Å²) in [6.45, 7) is 6.15. The number of halogens is 1. The van der Waals surface area contributed by atoms with Gasteiger partial charge in [-0.15, -0.1) is 0 Å². The second kappa shape index (κ2) is 11.8. The molecule has 2 heterocycles. The summed E-state index contributed by atoms with van der Waals surface area (Å²) in [6.07, 6.45) is 2.45. The lowest BCUT2D eigenvalue weighted by Crippen LogP contribution is -2.44. The second-order valence-corrected chi connectivity index (χ2v) is 9.70. The SMILES string of the molecule is CCc1ccc(C(=O)N[C@@H]2C(=O)N(c3cccn(CCOC)c3=O)[C@@H](C)[C@H]2c2c(C)cc(OC)cc2F)cc1. The fraction of sp³-hybridized carbons (Fsp3) is 0.367. The van der Waals surface area contributed by atoms with E-state index in [1.807, 2.05) is 19.1 Å². The number of pyridine rings is 1. The third-order valence-electron chi connectivity index (χ3n) is 7.38. The molecular weight excluding hydrogens is 501 g/mol. The van der Waals surface area contributed by atoms with Gasteiger partial charge in [-0.1, -0.05) is 19.1 Å². The molecule has 1 aromatic heterocycles. The summed E-state index contributed by atoms with van der Waals surface area (Å²) in [5.41, 5.74) is 2.12. The molecule has 0 spiro atoms. The number of ether oxygens (including phenoxy) is 2. The van der Waals surface area contributed by atoms with Crippen LogP contribution in [-0.4, -0.2) is 49.3 Å². The predicted molar refractivity (Wildman–Crippen MR) is 147 cm³/mol. The molecule has 2 aromatic carbocycles. The Morgan fingerprint density at radius 2 is 1.82 bits per heavy atom. The van der Waals surface area contributed by atoms with E-state index in [0.29, 0.717) is 35.6 Å². The van der Waals surface area contributed by atoms with E-state index in [9.17, 15) is 14.4 Å². The number of methoxy groups -OCH3 is 2. The molecule has 1 fully saturated rings. The highest BCUT2D eigenvalue weighted by Gasteiger charge is 2.50. The molecule has 1 aliphatic heterocycles. The van der Waals surface area contributed by atoms with E-state index in [-0.39, 0.29) is 11.2 Å². The summed E-state index contributed by atoms with van der Waals surface area (Å²) in [4.78, 5) is 42.0. The highest BCUT2D eigenvalue weighted by atomic mass is 19.1. The van der Waals surface area contributed by atoms with Crippen LogP contribution in [0.1, 0.15) is 46.8 Å². The van der Waals surface area contributed by atoms with E-state index >= 15 is 4.39 Å². The first-order valence-electron chi connectivity index (χ1n) is 13.0. The number of hydrogen-bond acceptors (Lipinski definition) is 5.